The number of rotatable bonds is 5. The van der Waals surface area contributed by atoms with Crippen LogP contribution in [0.1, 0.15) is 60.3 Å². The summed E-state index contributed by atoms with van der Waals surface area (Å²) < 4.78 is 5.84. The first-order chi connectivity index (χ1) is 9.45. The lowest BCUT2D eigenvalue weighted by Crippen LogP contribution is -2.62. The maximum atomic E-state index is 5.84. The minimum Gasteiger partial charge on any atom is -0.378 e. The van der Waals surface area contributed by atoms with E-state index in [9.17, 15) is 0 Å². The van der Waals surface area contributed by atoms with Crippen LogP contribution < -0.4 is 5.32 Å². The number of ether oxygens (including phenoxy) is 1. The summed E-state index contributed by atoms with van der Waals surface area (Å²) in [7, 11) is 0. The molecule has 1 N–H and O–H groups in total. The highest BCUT2D eigenvalue weighted by Gasteiger charge is 2.49. The van der Waals surface area contributed by atoms with E-state index in [0.717, 1.165) is 6.61 Å². The van der Waals surface area contributed by atoms with Gasteiger partial charge in [0.05, 0.1) is 6.10 Å². The summed E-state index contributed by atoms with van der Waals surface area (Å²) in [5, 5.41) is 3.93. The summed E-state index contributed by atoms with van der Waals surface area (Å²) in [6.07, 6.45) is 5.59. The van der Waals surface area contributed by atoms with Crippen LogP contribution in [0, 0.1) is 5.41 Å². The van der Waals surface area contributed by atoms with Gasteiger partial charge in [-0.25, -0.2) is 0 Å². The van der Waals surface area contributed by atoms with E-state index in [4.69, 9.17) is 4.74 Å². The topological polar surface area (TPSA) is 24.5 Å². The number of hydrogen-bond acceptors (Lipinski definition) is 3. The highest BCUT2D eigenvalue weighted by molar-refractivity contribution is 5.03. The summed E-state index contributed by atoms with van der Waals surface area (Å²) in [4.78, 5) is 2.62. The molecule has 3 unspecified atom stereocenters. The van der Waals surface area contributed by atoms with E-state index in [0.29, 0.717) is 29.6 Å². The Labute approximate surface area is 125 Å². The van der Waals surface area contributed by atoms with Crippen LogP contribution in [-0.4, -0.2) is 48.8 Å². The molecule has 1 heterocycles. The molecular formula is C17H34N2O. The Morgan fingerprint density at radius 2 is 2.00 bits per heavy atom. The van der Waals surface area contributed by atoms with Crippen LogP contribution in [0.15, 0.2) is 0 Å². The molecule has 0 bridgehead atoms. The van der Waals surface area contributed by atoms with Crippen LogP contribution in [0.25, 0.3) is 0 Å². The summed E-state index contributed by atoms with van der Waals surface area (Å²) in [6, 6.07) is 2.02. The van der Waals surface area contributed by atoms with Crippen molar-refractivity contribution < 1.29 is 4.74 Å². The molecule has 0 amide bonds. The van der Waals surface area contributed by atoms with E-state index in [2.05, 4.69) is 44.8 Å². The van der Waals surface area contributed by atoms with Crippen molar-refractivity contribution in [1.29, 1.82) is 0 Å². The third-order valence-corrected chi connectivity index (χ3v) is 5.48. The smallest absolute Gasteiger partial charge is 0.0655 e. The quantitative estimate of drug-likeness (QED) is 0.839. The first-order valence-corrected chi connectivity index (χ1v) is 8.56. The maximum absolute atomic E-state index is 5.84. The summed E-state index contributed by atoms with van der Waals surface area (Å²) in [5.41, 5.74) is 0.292. The van der Waals surface area contributed by atoms with Crippen molar-refractivity contribution in [1.82, 2.24) is 10.2 Å². The summed E-state index contributed by atoms with van der Waals surface area (Å²) >= 11 is 0. The van der Waals surface area contributed by atoms with Crippen LogP contribution in [0.4, 0.5) is 0 Å². The van der Waals surface area contributed by atoms with Gasteiger partial charge in [0.25, 0.3) is 0 Å². The first kappa shape index (κ1) is 16.3. The molecule has 1 aliphatic heterocycles. The summed E-state index contributed by atoms with van der Waals surface area (Å²) in [5.74, 6) is 0. The maximum Gasteiger partial charge on any atom is 0.0655 e. The number of nitrogens with one attached hydrogen (secondary N) is 1. The van der Waals surface area contributed by atoms with Gasteiger partial charge in [0.2, 0.25) is 0 Å². The fraction of sp³-hybridized carbons (Fsp3) is 1.00. The van der Waals surface area contributed by atoms with E-state index < -0.39 is 0 Å². The molecule has 0 aromatic carbocycles. The fourth-order valence-electron chi connectivity index (χ4n) is 3.74. The van der Waals surface area contributed by atoms with Crippen LogP contribution in [-0.2, 0) is 4.74 Å². The Hall–Kier alpha value is -0.120. The zero-order valence-corrected chi connectivity index (χ0v) is 14.1. The molecule has 0 spiro atoms. The van der Waals surface area contributed by atoms with Gasteiger partial charge in [-0.15, -0.1) is 0 Å². The van der Waals surface area contributed by atoms with Crippen LogP contribution >= 0.6 is 0 Å². The lowest BCUT2D eigenvalue weighted by Gasteiger charge is -2.53. The van der Waals surface area contributed by atoms with E-state index >= 15 is 0 Å². The van der Waals surface area contributed by atoms with Crippen molar-refractivity contribution in [2.75, 3.05) is 19.7 Å². The second-order valence-corrected chi connectivity index (χ2v) is 7.48. The largest absolute Gasteiger partial charge is 0.378 e. The predicted molar refractivity (Wildman–Crippen MR) is 85.1 cm³/mol. The molecule has 3 atom stereocenters. The zero-order chi connectivity index (χ0) is 14.8. The molecular weight excluding hydrogens is 248 g/mol. The SMILES string of the molecule is CCOC1CC(NC2CCCN(C(C)C)CC2)C1(C)C. The number of hydrogen-bond donors (Lipinski definition) is 1. The lowest BCUT2D eigenvalue weighted by molar-refractivity contribution is -0.116. The van der Waals surface area contributed by atoms with Crippen molar-refractivity contribution in [2.45, 2.75) is 84.5 Å². The molecule has 0 aromatic heterocycles. The number of nitrogens with zero attached hydrogens (tertiary/aromatic N) is 1. The van der Waals surface area contributed by atoms with Gasteiger partial charge in [-0.05, 0) is 59.5 Å². The van der Waals surface area contributed by atoms with Crippen molar-refractivity contribution in [3.63, 3.8) is 0 Å². The van der Waals surface area contributed by atoms with Gasteiger partial charge in [-0.3, -0.25) is 0 Å². The van der Waals surface area contributed by atoms with Crippen molar-refractivity contribution in [3.8, 4) is 0 Å². The highest BCUT2D eigenvalue weighted by atomic mass is 16.5. The molecule has 2 aliphatic rings. The standard InChI is InChI=1S/C17H34N2O/c1-6-20-16-12-15(17(16,4)5)18-14-8-7-10-19(11-9-14)13(2)3/h13-16,18H,6-12H2,1-5H3. The Kier molecular flexibility index (Phi) is 5.49. The van der Waals surface area contributed by atoms with Crippen molar-refractivity contribution >= 4 is 0 Å². The molecule has 1 aliphatic carbocycles. The van der Waals surface area contributed by atoms with Crippen molar-refractivity contribution in [3.05, 3.63) is 0 Å². The molecule has 20 heavy (non-hydrogen) atoms. The Morgan fingerprint density at radius 3 is 2.60 bits per heavy atom. The molecule has 3 heteroatoms. The van der Waals surface area contributed by atoms with Gasteiger partial charge < -0.3 is 15.0 Å². The molecule has 3 nitrogen and oxygen atoms in total. The normalized spacial score (nSPS) is 34.8. The van der Waals surface area contributed by atoms with E-state index in [1.54, 1.807) is 0 Å². The van der Waals surface area contributed by atoms with Gasteiger partial charge in [0, 0.05) is 30.1 Å². The van der Waals surface area contributed by atoms with E-state index in [1.165, 1.54) is 38.8 Å². The highest BCUT2D eigenvalue weighted by Crippen LogP contribution is 2.43. The van der Waals surface area contributed by atoms with Gasteiger partial charge >= 0.3 is 0 Å². The monoisotopic (exact) mass is 282 g/mol. The van der Waals surface area contributed by atoms with Gasteiger partial charge in [-0.2, -0.15) is 0 Å². The number of likely N-dealkylation sites (tertiary alicyclic amines) is 1. The van der Waals surface area contributed by atoms with Crippen LogP contribution in [0.2, 0.25) is 0 Å². The zero-order valence-electron chi connectivity index (χ0n) is 14.1. The molecule has 1 saturated heterocycles. The fourth-order valence-corrected chi connectivity index (χ4v) is 3.74. The molecule has 0 radical (unpaired) electrons. The Balaban J connectivity index is 1.80. The minimum atomic E-state index is 0.292. The van der Waals surface area contributed by atoms with E-state index in [1.807, 2.05) is 0 Å². The molecule has 118 valence electrons. The Morgan fingerprint density at radius 1 is 1.25 bits per heavy atom. The molecule has 1 saturated carbocycles. The van der Waals surface area contributed by atoms with Crippen LogP contribution in [0.3, 0.4) is 0 Å². The third-order valence-electron chi connectivity index (χ3n) is 5.48. The molecule has 0 aromatic rings. The molecule has 2 rings (SSSR count). The lowest BCUT2D eigenvalue weighted by atomic mass is 9.64. The van der Waals surface area contributed by atoms with Gasteiger partial charge in [-0.1, -0.05) is 13.8 Å². The third kappa shape index (κ3) is 3.55. The first-order valence-electron chi connectivity index (χ1n) is 8.56. The van der Waals surface area contributed by atoms with E-state index in [-0.39, 0.29) is 0 Å². The van der Waals surface area contributed by atoms with Crippen molar-refractivity contribution in [2.24, 2.45) is 5.41 Å². The van der Waals surface area contributed by atoms with Gasteiger partial charge in [0.15, 0.2) is 0 Å². The van der Waals surface area contributed by atoms with Gasteiger partial charge in [0.1, 0.15) is 0 Å². The van der Waals surface area contributed by atoms with Crippen LogP contribution in [0.5, 0.6) is 0 Å². The predicted octanol–water partition coefficient (Wildman–Crippen LogP) is 3.04. The average molecular weight is 282 g/mol. The molecule has 2 fully saturated rings. The minimum absolute atomic E-state index is 0.292. The average Bonchev–Trinajstić information content (AvgIpc) is 2.63. The summed E-state index contributed by atoms with van der Waals surface area (Å²) in [6.45, 7) is 14.8. The second-order valence-electron chi connectivity index (χ2n) is 7.48. The Bertz CT molecular complexity index is 303. The second kappa shape index (κ2) is 6.76.